The van der Waals surface area contributed by atoms with Gasteiger partial charge in [0.05, 0.1) is 5.56 Å². The summed E-state index contributed by atoms with van der Waals surface area (Å²) < 4.78 is 0. The summed E-state index contributed by atoms with van der Waals surface area (Å²) in [5, 5.41) is 3.27. The van der Waals surface area contributed by atoms with Crippen LogP contribution in [0.3, 0.4) is 0 Å². The van der Waals surface area contributed by atoms with Crippen LogP contribution in [-0.4, -0.2) is 47.4 Å². The van der Waals surface area contributed by atoms with E-state index >= 15 is 0 Å². The topological polar surface area (TPSA) is 88.3 Å². The summed E-state index contributed by atoms with van der Waals surface area (Å²) in [5.74, 6) is -0.626. The van der Waals surface area contributed by atoms with Gasteiger partial charge in [0, 0.05) is 25.3 Å². The smallest absolute Gasteiger partial charge is 0.272 e. The van der Waals surface area contributed by atoms with E-state index in [1.165, 1.54) is 6.20 Å². The van der Waals surface area contributed by atoms with Gasteiger partial charge in [-0.3, -0.25) is 14.6 Å². The van der Waals surface area contributed by atoms with E-state index in [0.717, 1.165) is 25.9 Å². The highest BCUT2D eigenvalue weighted by molar-refractivity contribution is 5.95. The molecule has 1 unspecified atom stereocenters. The Labute approximate surface area is 118 Å². The summed E-state index contributed by atoms with van der Waals surface area (Å²) in [5.41, 5.74) is 5.83. The summed E-state index contributed by atoms with van der Waals surface area (Å²) in [4.78, 5) is 29.5. The van der Waals surface area contributed by atoms with Crippen molar-refractivity contribution < 1.29 is 9.59 Å². The van der Waals surface area contributed by atoms with Gasteiger partial charge in [0.1, 0.15) is 5.69 Å². The molecule has 2 rings (SSSR count). The van der Waals surface area contributed by atoms with Crippen LogP contribution in [0.4, 0.5) is 0 Å². The van der Waals surface area contributed by atoms with Crippen molar-refractivity contribution in [1.29, 1.82) is 0 Å². The van der Waals surface area contributed by atoms with Crippen molar-refractivity contribution in [3.05, 3.63) is 29.6 Å². The molecular weight excluding hydrogens is 256 g/mol. The first-order valence-electron chi connectivity index (χ1n) is 6.91. The summed E-state index contributed by atoms with van der Waals surface area (Å²) in [6.07, 6.45) is 3.22. The molecule has 0 bridgehead atoms. The lowest BCUT2D eigenvalue weighted by Gasteiger charge is -2.27. The maximum atomic E-state index is 12.5. The number of primary amides is 1. The minimum Gasteiger partial charge on any atom is -0.366 e. The third kappa shape index (κ3) is 3.14. The standard InChI is InChI=1S/C14H20N4O2/c1-2-7-18(11-5-6-16-9-11)14(20)12-4-3-10(8-17-12)13(15)19/h3-4,8,11,16H,2,5-7,9H2,1H3,(H2,15,19). The highest BCUT2D eigenvalue weighted by atomic mass is 16.2. The highest BCUT2D eigenvalue weighted by Crippen LogP contribution is 2.13. The van der Waals surface area contributed by atoms with Crippen molar-refractivity contribution in [2.75, 3.05) is 19.6 Å². The minimum absolute atomic E-state index is 0.0865. The van der Waals surface area contributed by atoms with Gasteiger partial charge in [-0.1, -0.05) is 6.92 Å². The number of carbonyl (C=O) groups is 2. The number of amides is 2. The van der Waals surface area contributed by atoms with Crippen LogP contribution in [-0.2, 0) is 0 Å². The molecule has 1 aliphatic rings. The Bertz CT molecular complexity index is 480. The second-order valence-electron chi connectivity index (χ2n) is 4.94. The lowest BCUT2D eigenvalue weighted by molar-refractivity contribution is 0.0685. The molecule has 6 nitrogen and oxygen atoms in total. The minimum atomic E-state index is -0.540. The number of nitrogens with zero attached hydrogens (tertiary/aromatic N) is 2. The van der Waals surface area contributed by atoms with Crippen molar-refractivity contribution >= 4 is 11.8 Å². The fraction of sp³-hybridized carbons (Fsp3) is 0.500. The van der Waals surface area contributed by atoms with E-state index in [4.69, 9.17) is 5.73 Å². The molecule has 1 aromatic rings. The number of aromatic nitrogens is 1. The fourth-order valence-corrected chi connectivity index (χ4v) is 2.41. The number of hydrogen-bond donors (Lipinski definition) is 2. The molecule has 108 valence electrons. The lowest BCUT2D eigenvalue weighted by atomic mass is 10.1. The predicted octanol–water partition coefficient (Wildman–Crippen LogP) is 0.395. The van der Waals surface area contributed by atoms with Crippen LogP contribution in [0, 0.1) is 0 Å². The first kappa shape index (κ1) is 14.5. The van der Waals surface area contributed by atoms with Gasteiger partial charge < -0.3 is 16.0 Å². The van der Waals surface area contributed by atoms with E-state index in [1.54, 1.807) is 12.1 Å². The van der Waals surface area contributed by atoms with E-state index < -0.39 is 5.91 Å². The Morgan fingerprint density at radius 3 is 2.80 bits per heavy atom. The van der Waals surface area contributed by atoms with Crippen LogP contribution in [0.1, 0.15) is 40.6 Å². The molecule has 1 fully saturated rings. The van der Waals surface area contributed by atoms with Crippen LogP contribution < -0.4 is 11.1 Å². The number of pyridine rings is 1. The molecule has 2 heterocycles. The van der Waals surface area contributed by atoms with Crippen LogP contribution in [0.25, 0.3) is 0 Å². The van der Waals surface area contributed by atoms with Gasteiger partial charge in [-0.2, -0.15) is 0 Å². The zero-order chi connectivity index (χ0) is 14.5. The maximum absolute atomic E-state index is 12.5. The zero-order valence-corrected chi connectivity index (χ0v) is 11.6. The van der Waals surface area contributed by atoms with E-state index in [1.807, 2.05) is 11.8 Å². The normalized spacial score (nSPS) is 17.9. The molecule has 0 radical (unpaired) electrons. The Balaban J connectivity index is 2.15. The number of nitrogens with one attached hydrogen (secondary N) is 1. The second-order valence-corrected chi connectivity index (χ2v) is 4.94. The molecule has 2 amide bonds. The SMILES string of the molecule is CCCN(C(=O)c1ccc(C(N)=O)cn1)C1CCNC1. The zero-order valence-electron chi connectivity index (χ0n) is 11.6. The molecule has 1 aromatic heterocycles. The average molecular weight is 276 g/mol. The third-order valence-corrected chi connectivity index (χ3v) is 3.47. The van der Waals surface area contributed by atoms with Crippen LogP contribution in [0.5, 0.6) is 0 Å². The molecule has 1 atom stereocenters. The van der Waals surface area contributed by atoms with Gasteiger partial charge in [0.25, 0.3) is 5.91 Å². The molecule has 6 heteroatoms. The fourth-order valence-electron chi connectivity index (χ4n) is 2.41. The average Bonchev–Trinajstić information content (AvgIpc) is 2.98. The first-order valence-corrected chi connectivity index (χ1v) is 6.91. The summed E-state index contributed by atoms with van der Waals surface area (Å²) in [6.45, 7) is 4.52. The third-order valence-electron chi connectivity index (χ3n) is 3.47. The molecule has 0 saturated carbocycles. The Kier molecular flexibility index (Phi) is 4.68. The molecule has 20 heavy (non-hydrogen) atoms. The van der Waals surface area contributed by atoms with Gasteiger partial charge in [0.2, 0.25) is 5.91 Å². The molecular formula is C14H20N4O2. The van der Waals surface area contributed by atoms with Crippen LogP contribution >= 0.6 is 0 Å². The molecule has 0 spiro atoms. The van der Waals surface area contributed by atoms with E-state index in [2.05, 4.69) is 10.3 Å². The number of nitrogens with two attached hydrogens (primary N) is 1. The largest absolute Gasteiger partial charge is 0.366 e. The van der Waals surface area contributed by atoms with Crippen molar-refractivity contribution in [2.24, 2.45) is 5.73 Å². The Morgan fingerprint density at radius 2 is 2.30 bits per heavy atom. The van der Waals surface area contributed by atoms with Gasteiger partial charge in [-0.05, 0) is 31.5 Å². The van der Waals surface area contributed by atoms with Crippen molar-refractivity contribution in [1.82, 2.24) is 15.2 Å². The van der Waals surface area contributed by atoms with E-state index in [-0.39, 0.29) is 11.9 Å². The quantitative estimate of drug-likeness (QED) is 0.814. The molecule has 3 N–H and O–H groups in total. The van der Waals surface area contributed by atoms with Crippen LogP contribution in [0.15, 0.2) is 18.3 Å². The van der Waals surface area contributed by atoms with Crippen molar-refractivity contribution in [2.45, 2.75) is 25.8 Å². The molecule has 1 saturated heterocycles. The van der Waals surface area contributed by atoms with Crippen LogP contribution in [0.2, 0.25) is 0 Å². The molecule has 0 aromatic carbocycles. The van der Waals surface area contributed by atoms with Crippen molar-refractivity contribution in [3.8, 4) is 0 Å². The maximum Gasteiger partial charge on any atom is 0.272 e. The first-order chi connectivity index (χ1) is 9.63. The molecule has 0 aliphatic carbocycles. The van der Waals surface area contributed by atoms with Gasteiger partial charge in [-0.15, -0.1) is 0 Å². The van der Waals surface area contributed by atoms with Crippen molar-refractivity contribution in [3.63, 3.8) is 0 Å². The molecule has 1 aliphatic heterocycles. The summed E-state index contributed by atoms with van der Waals surface area (Å²) >= 11 is 0. The van der Waals surface area contributed by atoms with Gasteiger partial charge in [-0.25, -0.2) is 0 Å². The highest BCUT2D eigenvalue weighted by Gasteiger charge is 2.27. The summed E-state index contributed by atoms with van der Waals surface area (Å²) in [6, 6.07) is 3.33. The van der Waals surface area contributed by atoms with Gasteiger partial charge in [0.15, 0.2) is 0 Å². The van der Waals surface area contributed by atoms with Gasteiger partial charge >= 0.3 is 0 Å². The predicted molar refractivity (Wildman–Crippen MR) is 75.4 cm³/mol. The van der Waals surface area contributed by atoms with E-state index in [0.29, 0.717) is 17.8 Å². The van der Waals surface area contributed by atoms with E-state index in [9.17, 15) is 9.59 Å². The number of rotatable bonds is 5. The number of carbonyl (C=O) groups excluding carboxylic acids is 2. The second kappa shape index (κ2) is 6.47. The summed E-state index contributed by atoms with van der Waals surface area (Å²) in [7, 11) is 0. The monoisotopic (exact) mass is 276 g/mol. The Hall–Kier alpha value is -1.95. The lowest BCUT2D eigenvalue weighted by Crippen LogP contribution is -2.42. The number of hydrogen-bond acceptors (Lipinski definition) is 4. The Morgan fingerprint density at radius 1 is 1.50 bits per heavy atom.